The zero-order valence-corrected chi connectivity index (χ0v) is 16.5. The van der Waals surface area contributed by atoms with Crippen LogP contribution in [0.2, 0.25) is 0 Å². The molecule has 142 valence electrons. The second-order valence-corrected chi connectivity index (χ2v) is 5.74. The molecule has 0 amide bonds. The van der Waals surface area contributed by atoms with Crippen LogP contribution in [0, 0.1) is 0 Å². The molecule has 0 spiro atoms. The molecule has 0 atom stereocenters. The molecule has 2 aromatic rings. The van der Waals surface area contributed by atoms with E-state index in [1.165, 1.54) is 52.0 Å². The van der Waals surface area contributed by atoms with Gasteiger partial charge in [0.05, 0.1) is 0 Å². The predicted molar refractivity (Wildman–Crippen MR) is 104 cm³/mol. The monoisotopic (exact) mass is 368 g/mol. The highest BCUT2D eigenvalue weighted by molar-refractivity contribution is 6.08. The van der Waals surface area contributed by atoms with Crippen LogP contribution in [0.25, 0.3) is 0 Å². The number of ether oxygens (including phenoxy) is 1. The van der Waals surface area contributed by atoms with Gasteiger partial charge in [0.1, 0.15) is 11.5 Å². The Balaban J connectivity index is 0.00000176. The summed E-state index contributed by atoms with van der Waals surface area (Å²) in [5, 5.41) is 0. The van der Waals surface area contributed by atoms with Gasteiger partial charge >= 0.3 is 0 Å². The minimum atomic E-state index is -0.244. The van der Waals surface area contributed by atoms with Crippen LogP contribution < -0.4 is 4.74 Å². The molecule has 0 saturated heterocycles. The smallest absolute Gasteiger partial charge is 0.160 e. The number of ketones is 4. The molecule has 0 saturated carbocycles. The topological polar surface area (TPSA) is 77.5 Å². The van der Waals surface area contributed by atoms with E-state index >= 15 is 0 Å². The Morgan fingerprint density at radius 2 is 0.852 bits per heavy atom. The van der Waals surface area contributed by atoms with Gasteiger partial charge in [0.25, 0.3) is 0 Å². The quantitative estimate of drug-likeness (QED) is 0.645. The lowest BCUT2D eigenvalue weighted by molar-refractivity contribution is 0.0980. The van der Waals surface area contributed by atoms with Crippen LogP contribution in [-0.4, -0.2) is 23.1 Å². The number of hydrogen-bond donors (Lipinski definition) is 0. The van der Waals surface area contributed by atoms with Gasteiger partial charge < -0.3 is 4.74 Å². The summed E-state index contributed by atoms with van der Waals surface area (Å²) in [6.45, 7) is 9.53. The molecular weight excluding hydrogens is 344 g/mol. The van der Waals surface area contributed by atoms with Gasteiger partial charge in [0.15, 0.2) is 23.1 Å². The Kier molecular flexibility index (Phi) is 7.79. The van der Waals surface area contributed by atoms with Gasteiger partial charge in [-0.1, -0.05) is 13.8 Å². The normalized spacial score (nSPS) is 9.70. The average Bonchev–Trinajstić information content (AvgIpc) is 2.62. The van der Waals surface area contributed by atoms with Crippen LogP contribution >= 0.6 is 0 Å². The fourth-order valence-corrected chi connectivity index (χ4v) is 2.51. The highest BCUT2D eigenvalue weighted by atomic mass is 16.5. The van der Waals surface area contributed by atoms with Gasteiger partial charge in [0, 0.05) is 22.3 Å². The number of hydrogen-bond acceptors (Lipinski definition) is 5. The van der Waals surface area contributed by atoms with Crippen LogP contribution in [0.3, 0.4) is 0 Å². The van der Waals surface area contributed by atoms with Crippen molar-refractivity contribution in [1.82, 2.24) is 0 Å². The molecule has 0 radical (unpaired) electrons. The average molecular weight is 368 g/mol. The van der Waals surface area contributed by atoms with Crippen molar-refractivity contribution in [2.75, 3.05) is 0 Å². The second kappa shape index (κ2) is 9.57. The third-order valence-corrected chi connectivity index (χ3v) is 3.73. The lowest BCUT2D eigenvalue weighted by Gasteiger charge is -2.11. The van der Waals surface area contributed by atoms with Crippen molar-refractivity contribution >= 4 is 23.1 Å². The molecule has 2 aromatic carbocycles. The van der Waals surface area contributed by atoms with E-state index in [1.807, 2.05) is 13.8 Å². The molecule has 27 heavy (non-hydrogen) atoms. The van der Waals surface area contributed by atoms with E-state index in [-0.39, 0.29) is 34.3 Å². The van der Waals surface area contributed by atoms with Crippen molar-refractivity contribution in [3.8, 4) is 11.5 Å². The van der Waals surface area contributed by atoms with Gasteiger partial charge in [-0.15, -0.1) is 0 Å². The van der Waals surface area contributed by atoms with Crippen LogP contribution in [-0.2, 0) is 0 Å². The van der Waals surface area contributed by atoms with E-state index in [2.05, 4.69) is 0 Å². The van der Waals surface area contributed by atoms with Gasteiger partial charge in [-0.05, 0) is 64.1 Å². The van der Waals surface area contributed by atoms with E-state index in [9.17, 15) is 19.2 Å². The molecular formula is C22H24O5. The minimum absolute atomic E-state index is 0.207. The molecule has 0 bridgehead atoms. The third kappa shape index (κ3) is 5.45. The lowest BCUT2D eigenvalue weighted by Crippen LogP contribution is -2.05. The maximum absolute atomic E-state index is 11.7. The van der Waals surface area contributed by atoms with Crippen LogP contribution in [0.1, 0.15) is 83.0 Å². The molecule has 0 aliphatic heterocycles. The maximum atomic E-state index is 11.7. The van der Waals surface area contributed by atoms with E-state index < -0.39 is 0 Å². The van der Waals surface area contributed by atoms with E-state index in [0.717, 1.165) is 0 Å². The van der Waals surface area contributed by atoms with Crippen molar-refractivity contribution in [3.05, 3.63) is 58.7 Å². The molecule has 0 heterocycles. The van der Waals surface area contributed by atoms with E-state index in [4.69, 9.17) is 4.74 Å². The van der Waals surface area contributed by atoms with Crippen molar-refractivity contribution in [2.45, 2.75) is 41.5 Å². The highest BCUT2D eigenvalue weighted by Gasteiger charge is 2.15. The first-order valence-electron chi connectivity index (χ1n) is 8.70. The summed E-state index contributed by atoms with van der Waals surface area (Å²) in [4.78, 5) is 46.7. The first-order chi connectivity index (χ1) is 12.7. The fourth-order valence-electron chi connectivity index (χ4n) is 2.51. The summed E-state index contributed by atoms with van der Waals surface area (Å²) < 4.78 is 5.70. The molecule has 0 N–H and O–H groups in total. The number of Topliss-reactive ketones (excluding diaryl/α,β-unsaturated/α-hetero) is 4. The highest BCUT2D eigenvalue weighted by Crippen LogP contribution is 2.27. The number of rotatable bonds is 6. The summed E-state index contributed by atoms with van der Waals surface area (Å²) in [5.41, 5.74) is 1.21. The molecule has 0 fully saturated rings. The number of carbonyl (C=O) groups is 4. The van der Waals surface area contributed by atoms with Gasteiger partial charge in [-0.25, -0.2) is 0 Å². The largest absolute Gasteiger partial charge is 0.457 e. The molecule has 5 heteroatoms. The van der Waals surface area contributed by atoms with Crippen LogP contribution in [0.4, 0.5) is 0 Å². The summed E-state index contributed by atoms with van der Waals surface area (Å²) >= 11 is 0. The third-order valence-electron chi connectivity index (χ3n) is 3.73. The number of benzene rings is 2. The minimum Gasteiger partial charge on any atom is -0.457 e. The molecule has 5 nitrogen and oxygen atoms in total. The summed E-state index contributed by atoms with van der Waals surface area (Å²) in [7, 11) is 0. The summed E-state index contributed by atoms with van der Waals surface area (Å²) in [5.74, 6) is -0.178. The maximum Gasteiger partial charge on any atom is 0.160 e. The predicted octanol–water partition coefficient (Wildman–Crippen LogP) is 5.32. The van der Waals surface area contributed by atoms with Gasteiger partial charge in [0.2, 0.25) is 0 Å². The standard InChI is InChI=1S/C20H18O5.C2H6/c1-11(21)17-7-5-15(9-19(17)13(3)23)25-16-6-8-18(12(2)22)20(10-16)14(4)24;1-2/h5-10H,1-4H3;1-2H3. The van der Waals surface area contributed by atoms with Crippen molar-refractivity contribution in [2.24, 2.45) is 0 Å². The molecule has 0 unspecified atom stereocenters. The molecule has 0 aliphatic rings. The van der Waals surface area contributed by atoms with Crippen molar-refractivity contribution in [1.29, 1.82) is 0 Å². The molecule has 0 aromatic heterocycles. The van der Waals surface area contributed by atoms with E-state index in [0.29, 0.717) is 22.6 Å². The van der Waals surface area contributed by atoms with E-state index in [1.54, 1.807) is 12.1 Å². The van der Waals surface area contributed by atoms with Crippen molar-refractivity contribution in [3.63, 3.8) is 0 Å². The second-order valence-electron chi connectivity index (χ2n) is 5.74. The number of carbonyl (C=O) groups excluding carboxylic acids is 4. The summed E-state index contributed by atoms with van der Waals surface area (Å²) in [6.07, 6.45) is 0. The first-order valence-corrected chi connectivity index (χ1v) is 8.70. The van der Waals surface area contributed by atoms with Crippen molar-refractivity contribution < 1.29 is 23.9 Å². The SMILES string of the molecule is CC.CC(=O)c1ccc(Oc2ccc(C(C)=O)c(C(C)=O)c2)cc1C(C)=O. The Bertz CT molecular complexity index is 820. The Morgan fingerprint density at radius 1 is 0.556 bits per heavy atom. The Morgan fingerprint density at radius 3 is 1.11 bits per heavy atom. The Hall–Kier alpha value is -3.08. The molecule has 2 rings (SSSR count). The zero-order valence-electron chi connectivity index (χ0n) is 16.5. The first kappa shape index (κ1) is 22.0. The fraction of sp³-hybridized carbons (Fsp3) is 0.273. The van der Waals surface area contributed by atoms with Gasteiger partial charge in [-0.3, -0.25) is 19.2 Å². The lowest BCUT2D eigenvalue weighted by atomic mass is 10.0. The molecule has 0 aliphatic carbocycles. The Labute approximate surface area is 159 Å². The van der Waals surface area contributed by atoms with Crippen LogP contribution in [0.15, 0.2) is 36.4 Å². The zero-order chi connectivity index (χ0) is 20.7. The van der Waals surface area contributed by atoms with Crippen LogP contribution in [0.5, 0.6) is 11.5 Å². The van der Waals surface area contributed by atoms with Gasteiger partial charge in [-0.2, -0.15) is 0 Å². The summed E-state index contributed by atoms with van der Waals surface area (Å²) in [6, 6.07) is 9.20.